The highest BCUT2D eigenvalue weighted by molar-refractivity contribution is 9.10. The zero-order chi connectivity index (χ0) is 16.1. The predicted octanol–water partition coefficient (Wildman–Crippen LogP) is 3.10. The fraction of sp³-hybridized carbons (Fsp3) is 0.500. The predicted molar refractivity (Wildman–Crippen MR) is 85.7 cm³/mol. The zero-order valence-electron chi connectivity index (χ0n) is 12.5. The van der Waals surface area contributed by atoms with Crippen LogP contribution >= 0.6 is 15.9 Å². The molecule has 1 fully saturated rings. The minimum atomic E-state index is -0.697. The van der Waals surface area contributed by atoms with Gasteiger partial charge >= 0.3 is 5.97 Å². The van der Waals surface area contributed by atoms with Crippen molar-refractivity contribution in [1.82, 2.24) is 4.90 Å². The van der Waals surface area contributed by atoms with Gasteiger partial charge in [-0.05, 0) is 43.9 Å². The number of carbonyl (C=O) groups is 2. The summed E-state index contributed by atoms with van der Waals surface area (Å²) in [5, 5.41) is 9.68. The number of halogens is 1. The van der Waals surface area contributed by atoms with Gasteiger partial charge in [-0.2, -0.15) is 0 Å². The molecule has 2 rings (SSSR count). The summed E-state index contributed by atoms with van der Waals surface area (Å²) in [7, 11) is 0. The summed E-state index contributed by atoms with van der Waals surface area (Å²) in [6.07, 6.45) is 4.03. The molecule has 6 heteroatoms. The van der Waals surface area contributed by atoms with Gasteiger partial charge in [0, 0.05) is 17.1 Å². The van der Waals surface area contributed by atoms with E-state index in [9.17, 15) is 14.7 Å². The first-order chi connectivity index (χ1) is 10.5. The number of carbonyl (C=O) groups excluding carboxylic acids is 2. The van der Waals surface area contributed by atoms with Crippen LogP contribution in [0.4, 0.5) is 0 Å². The summed E-state index contributed by atoms with van der Waals surface area (Å²) in [4.78, 5) is 26.0. The van der Waals surface area contributed by atoms with Crippen molar-refractivity contribution in [1.29, 1.82) is 0 Å². The molecule has 1 unspecified atom stereocenters. The van der Waals surface area contributed by atoms with Crippen LogP contribution in [0.3, 0.4) is 0 Å². The van der Waals surface area contributed by atoms with Crippen LogP contribution in [0.25, 0.3) is 0 Å². The van der Waals surface area contributed by atoms with E-state index in [1.807, 2.05) is 0 Å². The molecule has 1 saturated heterocycles. The number of amides is 1. The minimum Gasteiger partial charge on any atom is -0.507 e. The Balaban J connectivity index is 1.95. The Labute approximate surface area is 138 Å². The second-order valence-electron chi connectivity index (χ2n) is 5.38. The number of piperidine rings is 1. The largest absolute Gasteiger partial charge is 0.507 e. The summed E-state index contributed by atoms with van der Waals surface area (Å²) < 4.78 is 5.72. The maximum absolute atomic E-state index is 12.2. The van der Waals surface area contributed by atoms with Crippen LogP contribution in [0.2, 0.25) is 0 Å². The number of nitrogens with zero attached hydrogens (tertiary/aromatic N) is 1. The Morgan fingerprint density at radius 2 is 2.18 bits per heavy atom. The van der Waals surface area contributed by atoms with Gasteiger partial charge in [0.05, 0.1) is 0 Å². The lowest BCUT2D eigenvalue weighted by Crippen LogP contribution is -2.45. The minimum absolute atomic E-state index is 0.0489. The first kappa shape index (κ1) is 16.8. The van der Waals surface area contributed by atoms with E-state index >= 15 is 0 Å². The molecule has 5 nitrogen and oxygen atoms in total. The van der Waals surface area contributed by atoms with Gasteiger partial charge in [0.1, 0.15) is 11.3 Å². The molecular weight excluding hydrogens is 350 g/mol. The number of aromatic hydroxyl groups is 1. The topological polar surface area (TPSA) is 66.8 Å². The molecule has 22 heavy (non-hydrogen) atoms. The van der Waals surface area contributed by atoms with Crippen LogP contribution in [0, 0.1) is 0 Å². The monoisotopic (exact) mass is 369 g/mol. The van der Waals surface area contributed by atoms with Crippen LogP contribution in [-0.2, 0) is 9.53 Å². The van der Waals surface area contributed by atoms with Gasteiger partial charge in [0.25, 0.3) is 5.91 Å². The first-order valence-electron chi connectivity index (χ1n) is 7.48. The molecule has 1 aliphatic heterocycles. The maximum Gasteiger partial charge on any atom is 0.342 e. The lowest BCUT2D eigenvalue weighted by Gasteiger charge is -2.35. The number of likely N-dealkylation sites (tertiary alicyclic amines) is 1. The Morgan fingerprint density at radius 3 is 2.91 bits per heavy atom. The van der Waals surface area contributed by atoms with Gasteiger partial charge in [0.2, 0.25) is 0 Å². The van der Waals surface area contributed by atoms with Crippen molar-refractivity contribution < 1.29 is 19.4 Å². The molecule has 1 aromatic rings. The zero-order valence-corrected chi connectivity index (χ0v) is 14.1. The van der Waals surface area contributed by atoms with Gasteiger partial charge in [-0.15, -0.1) is 0 Å². The van der Waals surface area contributed by atoms with Gasteiger partial charge in [-0.25, -0.2) is 4.79 Å². The molecule has 1 atom stereocenters. The molecule has 0 radical (unpaired) electrons. The van der Waals surface area contributed by atoms with E-state index in [4.69, 9.17) is 4.74 Å². The summed E-state index contributed by atoms with van der Waals surface area (Å²) in [5.41, 5.74) is 0.0489. The van der Waals surface area contributed by atoms with E-state index in [2.05, 4.69) is 22.9 Å². The maximum atomic E-state index is 12.2. The van der Waals surface area contributed by atoms with Crippen molar-refractivity contribution in [3.05, 3.63) is 28.2 Å². The van der Waals surface area contributed by atoms with Crippen molar-refractivity contribution in [2.24, 2.45) is 0 Å². The van der Waals surface area contributed by atoms with E-state index < -0.39 is 5.97 Å². The lowest BCUT2D eigenvalue weighted by atomic mass is 10.00. The molecular formula is C16H20BrNO4. The summed E-state index contributed by atoms with van der Waals surface area (Å²) in [6, 6.07) is 4.73. The summed E-state index contributed by atoms with van der Waals surface area (Å²) in [5.74, 6) is -1.03. The highest BCUT2D eigenvalue weighted by Gasteiger charge is 2.26. The van der Waals surface area contributed by atoms with Gasteiger partial charge in [-0.3, -0.25) is 4.79 Å². The number of ether oxygens (including phenoxy) is 1. The SMILES string of the molecule is CCC1CCCCN1C(=O)COC(=O)c1cc(Br)ccc1O. The molecule has 1 N–H and O–H groups in total. The lowest BCUT2D eigenvalue weighted by molar-refractivity contribution is -0.138. The third kappa shape index (κ3) is 4.00. The Bertz CT molecular complexity index is 561. The summed E-state index contributed by atoms with van der Waals surface area (Å²) >= 11 is 3.23. The molecule has 120 valence electrons. The van der Waals surface area contributed by atoms with E-state index in [0.717, 1.165) is 32.2 Å². The van der Waals surface area contributed by atoms with Crippen LogP contribution < -0.4 is 0 Å². The Morgan fingerprint density at radius 1 is 1.41 bits per heavy atom. The number of rotatable bonds is 4. The number of phenols is 1. The standard InChI is InChI=1S/C16H20BrNO4/c1-2-12-5-3-4-8-18(12)15(20)10-22-16(21)13-9-11(17)6-7-14(13)19/h6-7,9,12,19H,2-5,8,10H2,1H3. The van der Waals surface area contributed by atoms with Crippen molar-refractivity contribution in [3.63, 3.8) is 0 Å². The van der Waals surface area contributed by atoms with Gasteiger partial charge in [-0.1, -0.05) is 22.9 Å². The van der Waals surface area contributed by atoms with Gasteiger partial charge < -0.3 is 14.7 Å². The van der Waals surface area contributed by atoms with Crippen LogP contribution in [-0.4, -0.2) is 41.1 Å². The van der Waals surface area contributed by atoms with E-state index in [1.54, 1.807) is 11.0 Å². The normalized spacial score (nSPS) is 18.1. The molecule has 0 aliphatic carbocycles. The third-order valence-electron chi connectivity index (χ3n) is 3.92. The Kier molecular flexibility index (Phi) is 5.83. The number of phenolic OH excluding ortho intramolecular Hbond substituents is 1. The molecule has 0 saturated carbocycles. The van der Waals surface area contributed by atoms with Crippen molar-refractivity contribution >= 4 is 27.8 Å². The number of esters is 1. The quantitative estimate of drug-likeness (QED) is 0.828. The van der Waals surface area contributed by atoms with E-state index in [-0.39, 0.29) is 29.9 Å². The molecule has 0 aromatic heterocycles. The number of hydrogen-bond donors (Lipinski definition) is 1. The first-order valence-corrected chi connectivity index (χ1v) is 8.27. The van der Waals surface area contributed by atoms with Gasteiger partial charge in [0.15, 0.2) is 6.61 Å². The van der Waals surface area contributed by atoms with Crippen LogP contribution in [0.15, 0.2) is 22.7 Å². The van der Waals surface area contributed by atoms with Crippen LogP contribution in [0.5, 0.6) is 5.75 Å². The average molecular weight is 370 g/mol. The van der Waals surface area contributed by atoms with E-state index in [0.29, 0.717) is 4.47 Å². The number of benzene rings is 1. The average Bonchev–Trinajstić information content (AvgIpc) is 2.54. The van der Waals surface area contributed by atoms with Crippen LogP contribution in [0.1, 0.15) is 43.0 Å². The molecule has 1 amide bonds. The fourth-order valence-electron chi connectivity index (χ4n) is 2.71. The molecule has 0 spiro atoms. The second kappa shape index (κ2) is 7.63. The smallest absolute Gasteiger partial charge is 0.342 e. The third-order valence-corrected chi connectivity index (χ3v) is 4.42. The Hall–Kier alpha value is -1.56. The second-order valence-corrected chi connectivity index (χ2v) is 6.30. The molecule has 1 aliphatic rings. The van der Waals surface area contributed by atoms with Crippen molar-refractivity contribution in [3.8, 4) is 5.75 Å². The number of hydrogen-bond acceptors (Lipinski definition) is 4. The van der Waals surface area contributed by atoms with Crippen molar-refractivity contribution in [2.45, 2.75) is 38.6 Å². The highest BCUT2D eigenvalue weighted by Crippen LogP contribution is 2.23. The molecule has 1 heterocycles. The molecule has 0 bridgehead atoms. The highest BCUT2D eigenvalue weighted by atomic mass is 79.9. The van der Waals surface area contributed by atoms with E-state index in [1.165, 1.54) is 12.1 Å². The summed E-state index contributed by atoms with van der Waals surface area (Å²) in [6.45, 7) is 2.49. The fourth-order valence-corrected chi connectivity index (χ4v) is 3.07. The van der Waals surface area contributed by atoms with Crippen molar-refractivity contribution in [2.75, 3.05) is 13.2 Å². The molecule has 1 aromatic carbocycles.